The Morgan fingerprint density at radius 2 is 0.784 bits per heavy atom. The number of aliphatic hydroxyl groups is 3. The molecule has 0 aromatic carbocycles. The van der Waals surface area contributed by atoms with Crippen LogP contribution in [0.5, 0.6) is 0 Å². The Morgan fingerprint density at radius 3 is 0.973 bits per heavy atom. The minimum atomic E-state index is -3.89. The molecule has 0 saturated carbocycles. The Labute approximate surface area is 221 Å². The highest BCUT2D eigenvalue weighted by Crippen LogP contribution is 2.63. The maximum atomic E-state index is 13.8. The van der Waals surface area contributed by atoms with Crippen LogP contribution in [0, 0.1) is 5.41 Å². The van der Waals surface area contributed by atoms with Gasteiger partial charge in [0, 0.05) is 12.0 Å². The zero-order valence-electron chi connectivity index (χ0n) is 23.0. The molecule has 0 aliphatic heterocycles. The standard InChI is InChI=1S/C21H48NO12P3/c1-7-29-35(26,30-8-2)17-20(13-22-21(14-23,15-24)16-25,18-36(27,31-9-3)32-10-4)19-37(28,33-11-5)34-12-6/h22-25H,7-19H2,1-6H3. The molecule has 37 heavy (non-hydrogen) atoms. The molecule has 0 fully saturated rings. The molecule has 0 aliphatic carbocycles. The quantitative estimate of drug-likeness (QED) is 0.119. The van der Waals surface area contributed by atoms with Gasteiger partial charge in [0.25, 0.3) is 0 Å². The van der Waals surface area contributed by atoms with Crippen molar-refractivity contribution in [3.05, 3.63) is 0 Å². The van der Waals surface area contributed by atoms with E-state index < -0.39 is 72.0 Å². The highest BCUT2D eigenvalue weighted by atomic mass is 31.2. The smallest absolute Gasteiger partial charge is 0.331 e. The largest absolute Gasteiger partial charge is 0.394 e. The summed E-state index contributed by atoms with van der Waals surface area (Å²) in [7, 11) is -11.7. The van der Waals surface area contributed by atoms with E-state index in [2.05, 4.69) is 5.32 Å². The van der Waals surface area contributed by atoms with Gasteiger partial charge in [0.05, 0.1) is 83.5 Å². The molecule has 0 radical (unpaired) electrons. The molecule has 0 unspecified atom stereocenters. The van der Waals surface area contributed by atoms with E-state index in [1.54, 1.807) is 41.5 Å². The molecule has 0 rings (SSSR count). The van der Waals surface area contributed by atoms with Gasteiger partial charge in [-0.05, 0) is 41.5 Å². The first-order valence-corrected chi connectivity index (χ1v) is 17.8. The maximum Gasteiger partial charge on any atom is 0.331 e. The predicted molar refractivity (Wildman–Crippen MR) is 142 cm³/mol. The van der Waals surface area contributed by atoms with Crippen LogP contribution in [0.3, 0.4) is 0 Å². The van der Waals surface area contributed by atoms with Crippen LogP contribution in [-0.2, 0) is 40.8 Å². The topological polar surface area (TPSA) is 179 Å². The third-order valence-corrected chi connectivity index (χ3v) is 12.4. The van der Waals surface area contributed by atoms with Gasteiger partial charge in [-0.1, -0.05) is 0 Å². The van der Waals surface area contributed by atoms with Gasteiger partial charge in [-0.3, -0.25) is 13.7 Å². The summed E-state index contributed by atoms with van der Waals surface area (Å²) in [6.45, 7) is 7.80. The summed E-state index contributed by atoms with van der Waals surface area (Å²) in [6.07, 6.45) is -1.20. The van der Waals surface area contributed by atoms with Crippen molar-refractivity contribution in [2.75, 3.05) is 84.5 Å². The average Bonchev–Trinajstić information content (AvgIpc) is 2.80. The molecule has 0 aromatic rings. The SMILES string of the molecule is CCOP(=O)(CC(CNC(CO)(CO)CO)(CP(=O)(OCC)OCC)CP(=O)(OCC)OCC)OCC. The zero-order valence-corrected chi connectivity index (χ0v) is 25.7. The van der Waals surface area contributed by atoms with Crippen LogP contribution in [0.15, 0.2) is 0 Å². The van der Waals surface area contributed by atoms with Crippen molar-refractivity contribution >= 4 is 22.8 Å². The first-order valence-electron chi connectivity index (χ1n) is 12.6. The van der Waals surface area contributed by atoms with E-state index >= 15 is 0 Å². The summed E-state index contributed by atoms with van der Waals surface area (Å²) in [4.78, 5) is 0. The summed E-state index contributed by atoms with van der Waals surface area (Å²) >= 11 is 0. The van der Waals surface area contributed by atoms with Gasteiger partial charge in [0.15, 0.2) is 0 Å². The average molecular weight is 600 g/mol. The van der Waals surface area contributed by atoms with Crippen LogP contribution in [-0.4, -0.2) is 105 Å². The van der Waals surface area contributed by atoms with Crippen molar-refractivity contribution in [2.24, 2.45) is 5.41 Å². The van der Waals surface area contributed by atoms with E-state index in [0.717, 1.165) is 0 Å². The van der Waals surface area contributed by atoms with E-state index in [1.807, 2.05) is 0 Å². The second-order valence-electron chi connectivity index (χ2n) is 8.42. The van der Waals surface area contributed by atoms with Gasteiger partial charge in [0.2, 0.25) is 0 Å². The van der Waals surface area contributed by atoms with E-state index in [-0.39, 0.29) is 46.2 Å². The number of hydrogen-bond donors (Lipinski definition) is 4. The number of nitrogens with one attached hydrogen (secondary N) is 1. The van der Waals surface area contributed by atoms with Crippen LogP contribution in [0.4, 0.5) is 0 Å². The minimum Gasteiger partial charge on any atom is -0.394 e. The van der Waals surface area contributed by atoms with E-state index in [9.17, 15) is 29.0 Å². The molecule has 0 bridgehead atoms. The van der Waals surface area contributed by atoms with E-state index in [0.29, 0.717) is 0 Å². The predicted octanol–water partition coefficient (Wildman–Crippen LogP) is 3.08. The summed E-state index contributed by atoms with van der Waals surface area (Å²) in [5, 5.41) is 32.5. The Kier molecular flexibility index (Phi) is 18.0. The van der Waals surface area contributed by atoms with Crippen molar-refractivity contribution in [3.63, 3.8) is 0 Å². The lowest BCUT2D eigenvalue weighted by Gasteiger charge is -2.41. The Bertz CT molecular complexity index is 648. The van der Waals surface area contributed by atoms with Gasteiger partial charge < -0.3 is 47.8 Å². The Balaban J connectivity index is 7.05. The highest BCUT2D eigenvalue weighted by molar-refractivity contribution is 7.56. The monoisotopic (exact) mass is 599 g/mol. The molecule has 224 valence electrons. The fraction of sp³-hybridized carbons (Fsp3) is 1.00. The van der Waals surface area contributed by atoms with Crippen molar-refractivity contribution in [3.8, 4) is 0 Å². The molecular formula is C21H48NO12P3. The number of aliphatic hydroxyl groups excluding tert-OH is 3. The molecule has 4 N–H and O–H groups in total. The van der Waals surface area contributed by atoms with Crippen molar-refractivity contribution in [1.29, 1.82) is 0 Å². The van der Waals surface area contributed by atoms with Gasteiger partial charge in [-0.2, -0.15) is 0 Å². The molecule has 16 heteroatoms. The second-order valence-corrected chi connectivity index (χ2v) is 14.6. The normalized spacial score (nSPS) is 13.9. The molecule has 0 heterocycles. The molecular weight excluding hydrogens is 551 g/mol. The zero-order chi connectivity index (χ0) is 28.6. The molecule has 0 spiro atoms. The minimum absolute atomic E-state index is 0.0395. The molecule has 0 aromatic heterocycles. The number of hydrogen-bond acceptors (Lipinski definition) is 13. The molecule has 0 aliphatic rings. The first-order chi connectivity index (χ1) is 17.4. The lowest BCUT2D eigenvalue weighted by atomic mass is 9.93. The van der Waals surface area contributed by atoms with Crippen molar-refractivity contribution in [2.45, 2.75) is 47.1 Å². The number of rotatable bonds is 24. The first kappa shape index (κ1) is 37.3. The maximum absolute atomic E-state index is 13.8. The molecule has 13 nitrogen and oxygen atoms in total. The summed E-state index contributed by atoms with van der Waals surface area (Å²) in [5.41, 5.74) is -3.08. The fourth-order valence-corrected chi connectivity index (χ4v) is 10.9. The van der Waals surface area contributed by atoms with Crippen LogP contribution in [0.25, 0.3) is 0 Å². The fourth-order valence-electron chi connectivity index (χ4n) is 3.81. The van der Waals surface area contributed by atoms with Gasteiger partial charge in [-0.15, -0.1) is 0 Å². The Hall–Kier alpha value is 0.290. The van der Waals surface area contributed by atoms with Gasteiger partial charge >= 0.3 is 22.8 Å². The molecule has 0 saturated heterocycles. The van der Waals surface area contributed by atoms with Gasteiger partial charge in [-0.25, -0.2) is 0 Å². The second kappa shape index (κ2) is 17.9. The van der Waals surface area contributed by atoms with E-state index in [4.69, 9.17) is 27.1 Å². The lowest BCUT2D eigenvalue weighted by Crippen LogP contribution is -2.59. The van der Waals surface area contributed by atoms with Crippen LogP contribution in [0.1, 0.15) is 41.5 Å². The van der Waals surface area contributed by atoms with Gasteiger partial charge in [0.1, 0.15) is 0 Å². The van der Waals surface area contributed by atoms with Crippen LogP contribution >= 0.6 is 22.8 Å². The highest BCUT2D eigenvalue weighted by Gasteiger charge is 2.51. The lowest BCUT2D eigenvalue weighted by molar-refractivity contribution is 0.0363. The van der Waals surface area contributed by atoms with E-state index in [1.165, 1.54) is 0 Å². The summed E-state index contributed by atoms with van der Waals surface area (Å²) < 4.78 is 74.5. The van der Waals surface area contributed by atoms with Crippen LogP contribution < -0.4 is 5.32 Å². The summed E-state index contributed by atoms with van der Waals surface area (Å²) in [5.74, 6) is 0. The molecule has 0 amide bonds. The third-order valence-electron chi connectivity index (χ3n) is 5.29. The third kappa shape index (κ3) is 12.6. The Morgan fingerprint density at radius 1 is 0.541 bits per heavy atom. The van der Waals surface area contributed by atoms with Crippen LogP contribution in [0.2, 0.25) is 0 Å². The van der Waals surface area contributed by atoms with Crippen molar-refractivity contribution in [1.82, 2.24) is 5.32 Å². The molecule has 0 atom stereocenters. The van der Waals surface area contributed by atoms with Crippen molar-refractivity contribution < 1.29 is 56.2 Å². The summed E-state index contributed by atoms with van der Waals surface area (Å²) in [6, 6.07) is 0.